The van der Waals surface area contributed by atoms with E-state index in [2.05, 4.69) is 0 Å². The third-order valence-corrected chi connectivity index (χ3v) is 2.30. The van der Waals surface area contributed by atoms with Crippen LogP contribution in [0.2, 0.25) is 0 Å². The Morgan fingerprint density at radius 2 is 1.67 bits per heavy atom. The predicted molar refractivity (Wildman–Crippen MR) is 69.6 cm³/mol. The Kier molecular flexibility index (Phi) is 3.76. The van der Waals surface area contributed by atoms with Crippen LogP contribution in [-0.4, -0.2) is 11.1 Å². The van der Waals surface area contributed by atoms with Crippen LogP contribution in [0.1, 0.15) is 5.56 Å². The predicted octanol–water partition coefficient (Wildman–Crippen LogP) is 3.58. The lowest BCUT2D eigenvalue weighted by Gasteiger charge is -2.08. The number of hydrogen-bond donors (Lipinski definition) is 1. The summed E-state index contributed by atoms with van der Waals surface area (Å²) in [6.45, 7) is 0. The number of carboxylic acids is 1. The molecule has 90 valence electrons. The molecule has 0 aliphatic rings. The van der Waals surface area contributed by atoms with Crippen molar-refractivity contribution in [3.8, 4) is 11.5 Å². The van der Waals surface area contributed by atoms with E-state index in [0.29, 0.717) is 11.5 Å². The summed E-state index contributed by atoms with van der Waals surface area (Å²) in [4.78, 5) is 10.5. The minimum atomic E-state index is -0.982. The highest BCUT2D eigenvalue weighted by molar-refractivity contribution is 5.85. The van der Waals surface area contributed by atoms with Gasteiger partial charge in [0.2, 0.25) is 0 Å². The zero-order valence-corrected chi connectivity index (χ0v) is 9.61. The van der Waals surface area contributed by atoms with Crippen molar-refractivity contribution in [2.75, 3.05) is 0 Å². The summed E-state index contributed by atoms with van der Waals surface area (Å²) in [5.41, 5.74) is 0.726. The van der Waals surface area contributed by atoms with E-state index >= 15 is 0 Å². The molecule has 0 spiro atoms. The minimum absolute atomic E-state index is 0.626. The van der Waals surface area contributed by atoms with Gasteiger partial charge in [-0.05, 0) is 24.3 Å². The highest BCUT2D eigenvalue weighted by atomic mass is 16.5. The van der Waals surface area contributed by atoms with E-state index < -0.39 is 5.97 Å². The summed E-state index contributed by atoms with van der Waals surface area (Å²) >= 11 is 0. The first-order valence-electron chi connectivity index (χ1n) is 5.48. The van der Waals surface area contributed by atoms with E-state index in [0.717, 1.165) is 11.6 Å². The summed E-state index contributed by atoms with van der Waals surface area (Å²) in [5, 5.41) is 8.63. The Bertz CT molecular complexity index is 559. The second kappa shape index (κ2) is 5.68. The summed E-state index contributed by atoms with van der Waals surface area (Å²) < 4.78 is 5.70. The lowest BCUT2D eigenvalue weighted by molar-refractivity contribution is -0.131. The van der Waals surface area contributed by atoms with Crippen LogP contribution in [0.25, 0.3) is 6.08 Å². The van der Waals surface area contributed by atoms with Gasteiger partial charge in [0.25, 0.3) is 0 Å². The van der Waals surface area contributed by atoms with Crippen molar-refractivity contribution in [3.63, 3.8) is 0 Å². The van der Waals surface area contributed by atoms with Crippen LogP contribution in [0.15, 0.2) is 60.7 Å². The fourth-order valence-electron chi connectivity index (χ4n) is 1.49. The van der Waals surface area contributed by atoms with Crippen LogP contribution >= 0.6 is 0 Å². The molecule has 0 amide bonds. The number of carboxylic acid groups (broad SMARTS) is 1. The summed E-state index contributed by atoms with van der Waals surface area (Å²) in [6.07, 6.45) is 2.60. The van der Waals surface area contributed by atoms with Crippen molar-refractivity contribution in [3.05, 3.63) is 66.2 Å². The summed E-state index contributed by atoms with van der Waals surface area (Å²) in [6, 6.07) is 16.6. The van der Waals surface area contributed by atoms with Gasteiger partial charge in [-0.15, -0.1) is 0 Å². The van der Waals surface area contributed by atoms with E-state index in [4.69, 9.17) is 9.84 Å². The molecule has 0 radical (unpaired) electrons. The molecule has 1 N–H and O–H groups in total. The van der Waals surface area contributed by atoms with Crippen molar-refractivity contribution in [2.24, 2.45) is 0 Å². The van der Waals surface area contributed by atoms with Gasteiger partial charge in [0, 0.05) is 11.6 Å². The van der Waals surface area contributed by atoms with Crippen molar-refractivity contribution >= 4 is 12.0 Å². The molecule has 3 nitrogen and oxygen atoms in total. The van der Waals surface area contributed by atoms with Gasteiger partial charge in [0.05, 0.1) is 0 Å². The third-order valence-electron chi connectivity index (χ3n) is 2.30. The van der Waals surface area contributed by atoms with Gasteiger partial charge < -0.3 is 9.84 Å². The van der Waals surface area contributed by atoms with Gasteiger partial charge in [0.15, 0.2) is 0 Å². The van der Waals surface area contributed by atoms with Gasteiger partial charge in [-0.3, -0.25) is 0 Å². The molecule has 0 atom stereocenters. The molecule has 3 heteroatoms. The van der Waals surface area contributed by atoms with Crippen LogP contribution < -0.4 is 4.74 Å². The van der Waals surface area contributed by atoms with E-state index in [9.17, 15) is 4.79 Å². The number of para-hydroxylation sites is 2. The maximum absolute atomic E-state index is 10.5. The number of hydrogen-bond acceptors (Lipinski definition) is 2. The maximum atomic E-state index is 10.5. The van der Waals surface area contributed by atoms with Crippen LogP contribution in [0.4, 0.5) is 0 Å². The highest BCUT2D eigenvalue weighted by Gasteiger charge is 2.01. The molecule has 0 fully saturated rings. The standard InChI is InChI=1S/C15H12O3/c16-15(17)11-10-12-6-4-5-9-14(12)18-13-7-2-1-3-8-13/h1-11H,(H,16,17). The van der Waals surface area contributed by atoms with E-state index in [1.54, 1.807) is 12.1 Å². The van der Waals surface area contributed by atoms with Crippen LogP contribution in [0, 0.1) is 0 Å². The Balaban J connectivity index is 2.25. The van der Waals surface area contributed by atoms with E-state index in [1.165, 1.54) is 6.08 Å². The van der Waals surface area contributed by atoms with Crippen molar-refractivity contribution in [1.29, 1.82) is 0 Å². The maximum Gasteiger partial charge on any atom is 0.328 e. The Hall–Kier alpha value is -2.55. The highest BCUT2D eigenvalue weighted by Crippen LogP contribution is 2.25. The molecule has 0 unspecified atom stereocenters. The molecule has 2 aromatic rings. The van der Waals surface area contributed by atoms with Gasteiger partial charge in [-0.1, -0.05) is 36.4 Å². The van der Waals surface area contributed by atoms with E-state index in [1.807, 2.05) is 42.5 Å². The van der Waals surface area contributed by atoms with E-state index in [-0.39, 0.29) is 0 Å². The fourth-order valence-corrected chi connectivity index (χ4v) is 1.49. The largest absolute Gasteiger partial charge is 0.478 e. The number of carbonyl (C=O) groups is 1. The normalized spacial score (nSPS) is 10.4. The molecule has 0 saturated heterocycles. The number of ether oxygens (including phenoxy) is 1. The molecule has 0 heterocycles. The zero-order valence-electron chi connectivity index (χ0n) is 9.61. The number of rotatable bonds is 4. The van der Waals surface area contributed by atoms with Crippen LogP contribution in [0.3, 0.4) is 0 Å². The van der Waals surface area contributed by atoms with Gasteiger partial charge in [0.1, 0.15) is 11.5 Å². The topological polar surface area (TPSA) is 46.5 Å². The third kappa shape index (κ3) is 3.22. The zero-order chi connectivity index (χ0) is 12.8. The Morgan fingerprint density at radius 1 is 1.00 bits per heavy atom. The van der Waals surface area contributed by atoms with Gasteiger partial charge in [-0.25, -0.2) is 4.79 Å². The number of benzene rings is 2. The second-order valence-electron chi connectivity index (χ2n) is 3.62. The average molecular weight is 240 g/mol. The van der Waals surface area contributed by atoms with Crippen molar-refractivity contribution in [2.45, 2.75) is 0 Å². The van der Waals surface area contributed by atoms with Crippen LogP contribution in [0.5, 0.6) is 11.5 Å². The molecular weight excluding hydrogens is 228 g/mol. The van der Waals surface area contributed by atoms with Gasteiger partial charge in [-0.2, -0.15) is 0 Å². The average Bonchev–Trinajstić information content (AvgIpc) is 2.39. The molecule has 0 aliphatic carbocycles. The van der Waals surface area contributed by atoms with Gasteiger partial charge >= 0.3 is 5.97 Å². The molecule has 0 aliphatic heterocycles. The first-order chi connectivity index (χ1) is 8.75. The summed E-state index contributed by atoms with van der Waals surface area (Å²) in [5.74, 6) is 0.361. The van der Waals surface area contributed by atoms with Crippen LogP contribution in [-0.2, 0) is 4.79 Å². The lowest BCUT2D eigenvalue weighted by atomic mass is 10.2. The SMILES string of the molecule is O=C(O)C=Cc1ccccc1Oc1ccccc1. The first kappa shape index (κ1) is 11.9. The molecule has 2 rings (SSSR count). The Labute approximate surface area is 105 Å². The molecule has 0 bridgehead atoms. The fraction of sp³-hybridized carbons (Fsp3) is 0. The molecule has 18 heavy (non-hydrogen) atoms. The second-order valence-corrected chi connectivity index (χ2v) is 3.62. The molecule has 2 aromatic carbocycles. The van der Waals surface area contributed by atoms with Crippen molar-refractivity contribution in [1.82, 2.24) is 0 Å². The summed E-state index contributed by atoms with van der Waals surface area (Å²) in [7, 11) is 0. The van der Waals surface area contributed by atoms with Crippen molar-refractivity contribution < 1.29 is 14.6 Å². The smallest absolute Gasteiger partial charge is 0.328 e. The molecule has 0 aromatic heterocycles. The first-order valence-corrected chi connectivity index (χ1v) is 5.48. The minimum Gasteiger partial charge on any atom is -0.478 e. The Morgan fingerprint density at radius 3 is 2.39 bits per heavy atom. The number of aliphatic carboxylic acids is 1. The lowest BCUT2D eigenvalue weighted by Crippen LogP contribution is -1.89. The molecule has 0 saturated carbocycles. The quantitative estimate of drug-likeness (QED) is 0.831. The molecular formula is C15H12O3. The monoisotopic (exact) mass is 240 g/mol.